The van der Waals surface area contributed by atoms with Crippen LogP contribution in [-0.2, 0) is 23.4 Å². The second-order valence-corrected chi connectivity index (χ2v) is 15.2. The lowest BCUT2D eigenvalue weighted by molar-refractivity contribution is -0.0462. The van der Waals surface area contributed by atoms with Gasteiger partial charge in [-0.3, -0.25) is 14.8 Å². The van der Waals surface area contributed by atoms with Gasteiger partial charge in [-0.1, -0.05) is 50.2 Å². The van der Waals surface area contributed by atoms with Gasteiger partial charge in [-0.15, -0.1) is 0 Å². The number of hydrogen-bond acceptors (Lipinski definition) is 6. The molecule has 4 aromatic rings. The number of piperazine rings is 1. The number of pyridine rings is 1. The molecule has 2 bridgehead atoms. The van der Waals surface area contributed by atoms with E-state index in [0.29, 0.717) is 17.0 Å². The Balaban J connectivity index is 1.19. The molecule has 7 rings (SSSR count). The Kier molecular flexibility index (Phi) is 7.54. The minimum absolute atomic E-state index is 0.0554. The van der Waals surface area contributed by atoms with E-state index in [9.17, 15) is 13.5 Å². The SMILES string of the molecule is Cc1nc(-c2ccc(CN3C[C@H]4CC[C@@H]3CN4CC(C)(C)CO)cc2)cc2c1cc(-c1ccc(S(C)(=O)=O)cc1)n2C. The average Bonchev–Trinajstić information content (AvgIpc) is 3.30. The number of nitrogens with zero attached hydrogens (tertiary/aromatic N) is 4. The zero-order valence-corrected chi connectivity index (χ0v) is 26.2. The van der Waals surface area contributed by atoms with Crippen molar-refractivity contribution in [1.29, 1.82) is 0 Å². The Morgan fingerprint density at radius 1 is 0.929 bits per heavy atom. The van der Waals surface area contributed by atoms with Crippen molar-refractivity contribution in [2.45, 2.75) is 57.1 Å². The predicted molar refractivity (Wildman–Crippen MR) is 169 cm³/mol. The topological polar surface area (TPSA) is 78.7 Å². The van der Waals surface area contributed by atoms with Crippen LogP contribution in [0.25, 0.3) is 33.4 Å². The molecule has 3 aliphatic rings. The largest absolute Gasteiger partial charge is 0.396 e. The number of benzene rings is 2. The predicted octanol–water partition coefficient (Wildman–Crippen LogP) is 5.29. The number of hydrogen-bond donors (Lipinski definition) is 1. The Hall–Kier alpha value is -3.04. The Morgan fingerprint density at radius 2 is 1.55 bits per heavy atom. The Labute approximate surface area is 249 Å². The van der Waals surface area contributed by atoms with Crippen molar-refractivity contribution in [2.24, 2.45) is 12.5 Å². The molecule has 3 fully saturated rings. The quantitative estimate of drug-likeness (QED) is 0.303. The van der Waals surface area contributed by atoms with Gasteiger partial charge in [0.15, 0.2) is 9.84 Å². The number of aryl methyl sites for hydroxylation is 2. The highest BCUT2D eigenvalue weighted by Crippen LogP contribution is 2.34. The van der Waals surface area contributed by atoms with Crippen molar-refractivity contribution in [3.05, 3.63) is 71.9 Å². The molecule has 0 unspecified atom stereocenters. The molecule has 0 aliphatic carbocycles. The first-order valence-corrected chi connectivity index (χ1v) is 16.8. The van der Waals surface area contributed by atoms with Gasteiger partial charge in [-0.2, -0.15) is 0 Å². The molecule has 2 aromatic heterocycles. The molecule has 1 N–H and O–H groups in total. The van der Waals surface area contributed by atoms with Crippen molar-refractivity contribution in [1.82, 2.24) is 19.4 Å². The summed E-state index contributed by atoms with van der Waals surface area (Å²) < 4.78 is 25.9. The molecule has 0 saturated carbocycles. The monoisotopic (exact) mass is 586 g/mol. The number of aliphatic hydroxyl groups excluding tert-OH is 1. The van der Waals surface area contributed by atoms with E-state index in [1.807, 2.05) is 26.1 Å². The van der Waals surface area contributed by atoms with Gasteiger partial charge in [-0.05, 0) is 55.2 Å². The first-order valence-electron chi connectivity index (χ1n) is 14.9. The molecular formula is C34H42N4O3S. The molecule has 222 valence electrons. The summed E-state index contributed by atoms with van der Waals surface area (Å²) in [5.41, 5.74) is 7.38. The summed E-state index contributed by atoms with van der Waals surface area (Å²) in [5, 5.41) is 10.8. The van der Waals surface area contributed by atoms with Crippen LogP contribution in [0.5, 0.6) is 0 Å². The standard InChI is InChI=1S/C34H42N4O3S/c1-23-30-16-32(26-10-14-29(15-11-26)42(5,40)41)36(4)33(30)17-31(35-23)25-8-6-24(7-9-25)18-37-19-28-13-12-27(37)20-38(28)21-34(2,3)22-39/h6-11,14-17,27-28,39H,12-13,18-22H2,1-5H3/t27-,28-/m1/s1. The van der Waals surface area contributed by atoms with Gasteiger partial charge in [0.1, 0.15) is 0 Å². The number of rotatable bonds is 8. The summed E-state index contributed by atoms with van der Waals surface area (Å²) >= 11 is 0. The van der Waals surface area contributed by atoms with Crippen LogP contribution >= 0.6 is 0 Å². The Bertz CT molecular complexity index is 1710. The van der Waals surface area contributed by atoms with E-state index in [2.05, 4.69) is 64.6 Å². The molecule has 0 radical (unpaired) electrons. The summed E-state index contributed by atoms with van der Waals surface area (Å²) in [5.74, 6) is 0. The number of piperidine rings is 2. The van der Waals surface area contributed by atoms with Crippen LogP contribution in [0.3, 0.4) is 0 Å². The first-order chi connectivity index (χ1) is 19.9. The third-order valence-electron chi connectivity index (χ3n) is 9.26. The highest BCUT2D eigenvalue weighted by molar-refractivity contribution is 7.90. The second kappa shape index (κ2) is 10.9. The summed E-state index contributed by atoms with van der Waals surface area (Å²) in [7, 11) is -1.18. The van der Waals surface area contributed by atoms with E-state index in [1.54, 1.807) is 12.1 Å². The van der Waals surface area contributed by atoms with Crippen molar-refractivity contribution < 1.29 is 13.5 Å². The van der Waals surface area contributed by atoms with Gasteiger partial charge in [0.2, 0.25) is 0 Å². The number of sulfone groups is 1. The molecular weight excluding hydrogens is 544 g/mol. The van der Waals surface area contributed by atoms with Gasteiger partial charge in [-0.25, -0.2) is 8.42 Å². The fourth-order valence-electron chi connectivity index (χ4n) is 6.79. The molecule has 7 nitrogen and oxygen atoms in total. The zero-order chi connectivity index (χ0) is 29.8. The number of fused-ring (bicyclic) bond motifs is 4. The molecule has 3 saturated heterocycles. The van der Waals surface area contributed by atoms with E-state index in [4.69, 9.17) is 4.98 Å². The number of aromatic nitrogens is 2. The maximum absolute atomic E-state index is 11.9. The first kappa shape index (κ1) is 29.1. The van der Waals surface area contributed by atoms with E-state index in [1.165, 1.54) is 24.7 Å². The summed E-state index contributed by atoms with van der Waals surface area (Å²) in [6.45, 7) is 10.7. The van der Waals surface area contributed by atoms with Crippen LogP contribution in [0.15, 0.2) is 65.6 Å². The van der Waals surface area contributed by atoms with E-state index < -0.39 is 9.84 Å². The van der Waals surface area contributed by atoms with Crippen LogP contribution in [-0.4, -0.2) is 77.5 Å². The van der Waals surface area contributed by atoms with Crippen molar-refractivity contribution >= 4 is 20.7 Å². The fourth-order valence-corrected chi connectivity index (χ4v) is 7.42. The molecule has 8 heteroatoms. The molecule has 3 aliphatic heterocycles. The molecule has 0 spiro atoms. The van der Waals surface area contributed by atoms with Gasteiger partial charge >= 0.3 is 0 Å². The van der Waals surface area contributed by atoms with Gasteiger partial charge in [0.05, 0.1) is 16.1 Å². The molecule has 2 aromatic carbocycles. The summed E-state index contributed by atoms with van der Waals surface area (Å²) in [4.78, 5) is 10.5. The minimum atomic E-state index is -3.23. The number of aliphatic hydroxyl groups is 1. The van der Waals surface area contributed by atoms with Crippen LogP contribution in [0.4, 0.5) is 0 Å². The highest BCUT2D eigenvalue weighted by Gasteiger charge is 2.40. The lowest BCUT2D eigenvalue weighted by atomic mass is 9.86. The van der Waals surface area contributed by atoms with E-state index in [0.717, 1.165) is 65.3 Å². The van der Waals surface area contributed by atoms with Crippen LogP contribution < -0.4 is 0 Å². The molecule has 0 amide bonds. The van der Waals surface area contributed by atoms with Crippen molar-refractivity contribution in [2.75, 3.05) is 32.5 Å². The van der Waals surface area contributed by atoms with Crippen LogP contribution in [0.2, 0.25) is 0 Å². The van der Waals surface area contributed by atoms with E-state index >= 15 is 0 Å². The Morgan fingerprint density at radius 3 is 2.14 bits per heavy atom. The summed E-state index contributed by atoms with van der Waals surface area (Å²) in [6.07, 6.45) is 3.74. The van der Waals surface area contributed by atoms with Gasteiger partial charge < -0.3 is 9.67 Å². The zero-order valence-electron chi connectivity index (χ0n) is 25.3. The van der Waals surface area contributed by atoms with Crippen molar-refractivity contribution in [3.8, 4) is 22.5 Å². The lowest BCUT2D eigenvalue weighted by Crippen LogP contribution is -2.63. The highest BCUT2D eigenvalue weighted by atomic mass is 32.2. The molecule has 5 heterocycles. The fraction of sp³-hybridized carbons (Fsp3) is 0.441. The lowest BCUT2D eigenvalue weighted by Gasteiger charge is -2.53. The van der Waals surface area contributed by atoms with Crippen molar-refractivity contribution in [3.63, 3.8) is 0 Å². The molecule has 2 atom stereocenters. The van der Waals surface area contributed by atoms with Crippen LogP contribution in [0, 0.1) is 12.3 Å². The minimum Gasteiger partial charge on any atom is -0.396 e. The van der Waals surface area contributed by atoms with Gasteiger partial charge in [0, 0.05) is 85.9 Å². The van der Waals surface area contributed by atoms with Crippen LogP contribution in [0.1, 0.15) is 37.9 Å². The third kappa shape index (κ3) is 5.65. The smallest absolute Gasteiger partial charge is 0.175 e. The normalized spacial score (nSPS) is 20.0. The maximum atomic E-state index is 11.9. The maximum Gasteiger partial charge on any atom is 0.175 e. The average molecular weight is 587 g/mol. The summed E-state index contributed by atoms with van der Waals surface area (Å²) in [6, 6.07) is 21.4. The molecule has 42 heavy (non-hydrogen) atoms. The van der Waals surface area contributed by atoms with Gasteiger partial charge in [0.25, 0.3) is 0 Å². The third-order valence-corrected chi connectivity index (χ3v) is 10.4. The second-order valence-electron chi connectivity index (χ2n) is 13.2. The van der Waals surface area contributed by atoms with E-state index in [-0.39, 0.29) is 12.0 Å².